The van der Waals surface area contributed by atoms with Gasteiger partial charge in [-0.05, 0) is 12.6 Å². The van der Waals surface area contributed by atoms with Gasteiger partial charge in [-0.15, -0.1) is 0 Å². The standard InChI is InChI=1S/C12H18N2O/c1-13-8-12(9-14(2)10-15)11-6-4-3-5-7-11/h3-7,10,12-13H,8-9H2,1-2H3. The van der Waals surface area contributed by atoms with Gasteiger partial charge < -0.3 is 10.2 Å². The highest BCUT2D eigenvalue weighted by Crippen LogP contribution is 2.14. The molecule has 0 aromatic heterocycles. The predicted molar refractivity (Wildman–Crippen MR) is 61.8 cm³/mol. The number of hydrogen-bond donors (Lipinski definition) is 1. The zero-order valence-electron chi connectivity index (χ0n) is 9.31. The van der Waals surface area contributed by atoms with Crippen molar-refractivity contribution >= 4 is 6.41 Å². The van der Waals surface area contributed by atoms with Crippen LogP contribution in [0.4, 0.5) is 0 Å². The lowest BCUT2D eigenvalue weighted by Crippen LogP contribution is -2.29. The summed E-state index contributed by atoms with van der Waals surface area (Å²) in [4.78, 5) is 12.3. The van der Waals surface area contributed by atoms with E-state index < -0.39 is 0 Å². The third-order valence-electron chi connectivity index (χ3n) is 2.41. The summed E-state index contributed by atoms with van der Waals surface area (Å²) >= 11 is 0. The monoisotopic (exact) mass is 206 g/mol. The molecule has 0 aliphatic rings. The van der Waals surface area contributed by atoms with Crippen LogP contribution >= 0.6 is 0 Å². The number of amides is 1. The van der Waals surface area contributed by atoms with Gasteiger partial charge in [-0.2, -0.15) is 0 Å². The number of benzene rings is 1. The molecule has 3 heteroatoms. The number of nitrogens with zero attached hydrogens (tertiary/aromatic N) is 1. The molecule has 3 nitrogen and oxygen atoms in total. The molecule has 1 aromatic rings. The van der Waals surface area contributed by atoms with Gasteiger partial charge in [-0.25, -0.2) is 0 Å². The Morgan fingerprint density at radius 2 is 2.07 bits per heavy atom. The van der Waals surface area contributed by atoms with Crippen molar-refractivity contribution in [3.8, 4) is 0 Å². The summed E-state index contributed by atoms with van der Waals surface area (Å²) in [5, 5.41) is 3.15. The second kappa shape index (κ2) is 6.19. The number of nitrogens with one attached hydrogen (secondary N) is 1. The van der Waals surface area contributed by atoms with Crippen molar-refractivity contribution < 1.29 is 4.79 Å². The van der Waals surface area contributed by atoms with Crippen LogP contribution in [0, 0.1) is 0 Å². The maximum absolute atomic E-state index is 10.6. The fraction of sp³-hybridized carbons (Fsp3) is 0.417. The molecule has 1 rings (SSSR count). The van der Waals surface area contributed by atoms with Crippen molar-refractivity contribution in [1.29, 1.82) is 0 Å². The Bertz CT molecular complexity index is 287. The SMILES string of the molecule is CNCC(CN(C)C=O)c1ccccc1. The van der Waals surface area contributed by atoms with Crippen molar-refractivity contribution in [2.24, 2.45) is 0 Å². The van der Waals surface area contributed by atoms with E-state index >= 15 is 0 Å². The Balaban J connectivity index is 2.69. The number of carbonyl (C=O) groups is 1. The van der Waals surface area contributed by atoms with Gasteiger partial charge in [0, 0.05) is 26.1 Å². The lowest BCUT2D eigenvalue weighted by atomic mass is 9.99. The van der Waals surface area contributed by atoms with Gasteiger partial charge in [0.25, 0.3) is 0 Å². The molecule has 0 heterocycles. The van der Waals surface area contributed by atoms with Gasteiger partial charge in [0.05, 0.1) is 0 Å². The van der Waals surface area contributed by atoms with Crippen LogP contribution in [0.5, 0.6) is 0 Å². The lowest BCUT2D eigenvalue weighted by molar-refractivity contribution is -0.117. The first-order chi connectivity index (χ1) is 7.27. The maximum Gasteiger partial charge on any atom is 0.209 e. The summed E-state index contributed by atoms with van der Waals surface area (Å²) in [6, 6.07) is 10.3. The van der Waals surface area contributed by atoms with Crippen LogP contribution in [-0.2, 0) is 4.79 Å². The summed E-state index contributed by atoms with van der Waals surface area (Å²) < 4.78 is 0. The second-order valence-electron chi connectivity index (χ2n) is 3.71. The van der Waals surface area contributed by atoms with Crippen LogP contribution in [0.1, 0.15) is 11.5 Å². The molecule has 0 aliphatic carbocycles. The van der Waals surface area contributed by atoms with Crippen LogP contribution in [0.3, 0.4) is 0 Å². The van der Waals surface area contributed by atoms with Crippen LogP contribution < -0.4 is 5.32 Å². The molecule has 0 aliphatic heterocycles. The van der Waals surface area contributed by atoms with Crippen molar-refractivity contribution in [2.45, 2.75) is 5.92 Å². The highest BCUT2D eigenvalue weighted by atomic mass is 16.1. The molecule has 1 N–H and O–H groups in total. The lowest BCUT2D eigenvalue weighted by Gasteiger charge is -2.21. The molecule has 0 fully saturated rings. The highest BCUT2D eigenvalue weighted by Gasteiger charge is 2.11. The van der Waals surface area contributed by atoms with Gasteiger partial charge in [0.2, 0.25) is 6.41 Å². The molecule has 1 amide bonds. The fourth-order valence-electron chi connectivity index (χ4n) is 1.65. The average Bonchev–Trinajstić information content (AvgIpc) is 2.29. The molecule has 0 radical (unpaired) electrons. The summed E-state index contributed by atoms with van der Waals surface area (Å²) in [5.74, 6) is 0.353. The summed E-state index contributed by atoms with van der Waals surface area (Å²) in [5.41, 5.74) is 1.26. The molecule has 82 valence electrons. The number of likely N-dealkylation sites (N-methyl/N-ethyl adjacent to an activating group) is 2. The smallest absolute Gasteiger partial charge is 0.209 e. The second-order valence-corrected chi connectivity index (χ2v) is 3.71. The summed E-state index contributed by atoms with van der Waals surface area (Å²) in [6.45, 7) is 1.62. The fourth-order valence-corrected chi connectivity index (χ4v) is 1.65. The molecule has 15 heavy (non-hydrogen) atoms. The molecule has 0 saturated carbocycles. The maximum atomic E-state index is 10.6. The van der Waals surface area contributed by atoms with E-state index in [1.807, 2.05) is 25.2 Å². The van der Waals surface area contributed by atoms with Crippen molar-refractivity contribution in [1.82, 2.24) is 10.2 Å². The first-order valence-electron chi connectivity index (χ1n) is 5.13. The average molecular weight is 206 g/mol. The number of carbonyl (C=O) groups excluding carboxylic acids is 1. The minimum atomic E-state index is 0.353. The first-order valence-corrected chi connectivity index (χ1v) is 5.13. The van der Waals surface area contributed by atoms with E-state index in [4.69, 9.17) is 0 Å². The van der Waals surface area contributed by atoms with Gasteiger partial charge in [-0.1, -0.05) is 30.3 Å². The van der Waals surface area contributed by atoms with Crippen LogP contribution in [0.25, 0.3) is 0 Å². The van der Waals surface area contributed by atoms with Crippen LogP contribution in [0.2, 0.25) is 0 Å². The molecule has 1 atom stereocenters. The van der Waals surface area contributed by atoms with E-state index in [0.717, 1.165) is 19.5 Å². The minimum absolute atomic E-state index is 0.353. The Hall–Kier alpha value is -1.35. The summed E-state index contributed by atoms with van der Waals surface area (Å²) in [6.07, 6.45) is 0.867. The largest absolute Gasteiger partial charge is 0.348 e. The minimum Gasteiger partial charge on any atom is -0.348 e. The summed E-state index contributed by atoms with van der Waals surface area (Å²) in [7, 11) is 3.73. The molecule has 1 unspecified atom stereocenters. The first kappa shape index (κ1) is 11.7. The Labute approximate surface area is 91.1 Å². The van der Waals surface area contributed by atoms with Gasteiger partial charge in [0.1, 0.15) is 0 Å². The van der Waals surface area contributed by atoms with Crippen molar-refractivity contribution in [3.05, 3.63) is 35.9 Å². The molecule has 0 saturated heterocycles. The normalized spacial score (nSPS) is 12.1. The number of rotatable bonds is 6. The van der Waals surface area contributed by atoms with E-state index in [1.165, 1.54) is 5.56 Å². The predicted octanol–water partition coefficient (Wildman–Crippen LogP) is 1.08. The van der Waals surface area contributed by atoms with Crippen LogP contribution in [-0.4, -0.2) is 38.5 Å². The molecule has 0 spiro atoms. The molecular weight excluding hydrogens is 188 g/mol. The van der Waals surface area contributed by atoms with E-state index in [2.05, 4.69) is 17.4 Å². The van der Waals surface area contributed by atoms with Crippen LogP contribution in [0.15, 0.2) is 30.3 Å². The molecular formula is C12H18N2O. The Morgan fingerprint density at radius 1 is 1.40 bits per heavy atom. The van der Waals surface area contributed by atoms with Gasteiger partial charge in [0.15, 0.2) is 0 Å². The zero-order valence-corrected chi connectivity index (χ0v) is 9.31. The third kappa shape index (κ3) is 3.72. The van der Waals surface area contributed by atoms with E-state index in [9.17, 15) is 4.79 Å². The van der Waals surface area contributed by atoms with Gasteiger partial charge in [-0.3, -0.25) is 4.79 Å². The van der Waals surface area contributed by atoms with E-state index in [0.29, 0.717) is 5.92 Å². The topological polar surface area (TPSA) is 32.3 Å². The quantitative estimate of drug-likeness (QED) is 0.706. The third-order valence-corrected chi connectivity index (χ3v) is 2.41. The van der Waals surface area contributed by atoms with E-state index in [-0.39, 0.29) is 0 Å². The highest BCUT2D eigenvalue weighted by molar-refractivity contribution is 5.46. The Morgan fingerprint density at radius 3 is 2.60 bits per heavy atom. The molecule has 1 aromatic carbocycles. The van der Waals surface area contributed by atoms with Crippen molar-refractivity contribution in [2.75, 3.05) is 27.2 Å². The molecule has 0 bridgehead atoms. The Kier molecular flexibility index (Phi) is 4.84. The van der Waals surface area contributed by atoms with E-state index in [1.54, 1.807) is 11.9 Å². The van der Waals surface area contributed by atoms with Gasteiger partial charge >= 0.3 is 0 Å². The number of hydrogen-bond acceptors (Lipinski definition) is 2. The van der Waals surface area contributed by atoms with Crippen molar-refractivity contribution in [3.63, 3.8) is 0 Å². The zero-order chi connectivity index (χ0) is 11.1.